The van der Waals surface area contributed by atoms with E-state index in [0.29, 0.717) is 35.9 Å². The van der Waals surface area contributed by atoms with Gasteiger partial charge in [-0.1, -0.05) is 17.7 Å². The molecule has 0 aliphatic rings. The van der Waals surface area contributed by atoms with Crippen LogP contribution in [0, 0.1) is 6.92 Å². The molecule has 0 heterocycles. The molecule has 2 aromatic rings. The lowest BCUT2D eigenvalue weighted by Crippen LogP contribution is -2.13. The number of benzene rings is 2. The van der Waals surface area contributed by atoms with Crippen LogP contribution in [0.5, 0.6) is 5.75 Å². The summed E-state index contributed by atoms with van der Waals surface area (Å²) in [5.74, 6) is 0.458. The minimum absolute atomic E-state index is 0.110. The lowest BCUT2D eigenvalue weighted by Gasteiger charge is -2.10. The molecule has 1 N–H and O–H groups in total. The maximum Gasteiger partial charge on any atom is 0.224 e. The Hall–Kier alpha value is -2.05. The molecule has 0 aliphatic heterocycles. The maximum absolute atomic E-state index is 12.0. The summed E-state index contributed by atoms with van der Waals surface area (Å²) in [6, 6.07) is 11.6. The van der Waals surface area contributed by atoms with Gasteiger partial charge in [0.2, 0.25) is 5.91 Å². The van der Waals surface area contributed by atoms with E-state index in [1.807, 2.05) is 6.92 Å². The summed E-state index contributed by atoms with van der Waals surface area (Å²) in [5.41, 5.74) is 1.54. The highest BCUT2D eigenvalue weighted by atomic mass is 35.5. The van der Waals surface area contributed by atoms with Crippen molar-refractivity contribution in [2.45, 2.75) is 24.7 Å². The first-order chi connectivity index (χ1) is 11.8. The number of ether oxygens (including phenoxy) is 1. The van der Waals surface area contributed by atoms with Gasteiger partial charge in [0.1, 0.15) is 5.75 Å². The van der Waals surface area contributed by atoms with E-state index in [4.69, 9.17) is 16.3 Å². The molecule has 0 aromatic heterocycles. The van der Waals surface area contributed by atoms with Gasteiger partial charge in [-0.15, -0.1) is 0 Å². The van der Waals surface area contributed by atoms with Crippen LogP contribution in [0.1, 0.15) is 18.4 Å². The van der Waals surface area contributed by atoms with Crippen LogP contribution < -0.4 is 10.1 Å². The van der Waals surface area contributed by atoms with Crippen LogP contribution in [0.3, 0.4) is 0 Å². The van der Waals surface area contributed by atoms with E-state index in [1.54, 1.807) is 30.3 Å². The van der Waals surface area contributed by atoms with Crippen LogP contribution in [0.15, 0.2) is 47.4 Å². The molecule has 2 aromatic carbocycles. The second-order valence-corrected chi connectivity index (χ2v) is 8.08. The smallest absolute Gasteiger partial charge is 0.224 e. The van der Waals surface area contributed by atoms with E-state index in [9.17, 15) is 13.2 Å². The zero-order valence-electron chi connectivity index (χ0n) is 14.1. The lowest BCUT2D eigenvalue weighted by molar-refractivity contribution is -0.116. The van der Waals surface area contributed by atoms with Crippen LogP contribution in [-0.4, -0.2) is 27.2 Å². The van der Waals surface area contributed by atoms with Gasteiger partial charge in [-0.05, 0) is 55.3 Å². The molecule has 7 heteroatoms. The molecular weight excluding hydrogens is 362 g/mol. The summed E-state index contributed by atoms with van der Waals surface area (Å²) in [4.78, 5) is 12.2. The topological polar surface area (TPSA) is 72.5 Å². The number of sulfone groups is 1. The number of carbonyl (C=O) groups is 1. The van der Waals surface area contributed by atoms with Gasteiger partial charge in [-0.2, -0.15) is 0 Å². The Morgan fingerprint density at radius 2 is 1.84 bits per heavy atom. The minimum Gasteiger partial charge on any atom is -0.494 e. The first-order valence-corrected chi connectivity index (χ1v) is 10.0. The van der Waals surface area contributed by atoms with E-state index in [0.717, 1.165) is 11.8 Å². The van der Waals surface area contributed by atoms with Crippen LogP contribution in [0.25, 0.3) is 0 Å². The van der Waals surface area contributed by atoms with Crippen molar-refractivity contribution in [2.24, 2.45) is 0 Å². The molecule has 0 saturated carbocycles. The number of hydrogen-bond donors (Lipinski definition) is 1. The average Bonchev–Trinajstić information content (AvgIpc) is 2.55. The van der Waals surface area contributed by atoms with Gasteiger partial charge in [0, 0.05) is 23.4 Å². The predicted octanol–water partition coefficient (Wildman–Crippen LogP) is 3.85. The van der Waals surface area contributed by atoms with Crippen molar-refractivity contribution < 1.29 is 17.9 Å². The molecule has 0 radical (unpaired) electrons. The molecule has 0 fully saturated rings. The van der Waals surface area contributed by atoms with Crippen LogP contribution in [-0.2, 0) is 14.6 Å². The van der Waals surface area contributed by atoms with Gasteiger partial charge >= 0.3 is 0 Å². The normalized spacial score (nSPS) is 11.2. The fraction of sp³-hybridized carbons (Fsp3) is 0.278. The van der Waals surface area contributed by atoms with Crippen LogP contribution in [0.2, 0.25) is 5.02 Å². The molecule has 0 unspecified atom stereocenters. The molecule has 0 spiro atoms. The number of nitrogens with one attached hydrogen (secondary N) is 1. The third-order valence-corrected chi connectivity index (χ3v) is 5.15. The Morgan fingerprint density at radius 3 is 2.48 bits per heavy atom. The quantitative estimate of drug-likeness (QED) is 0.739. The van der Waals surface area contributed by atoms with Crippen LogP contribution >= 0.6 is 11.6 Å². The van der Waals surface area contributed by atoms with Gasteiger partial charge in [-0.25, -0.2) is 8.42 Å². The number of amides is 1. The van der Waals surface area contributed by atoms with Gasteiger partial charge in [-0.3, -0.25) is 4.79 Å². The average molecular weight is 382 g/mol. The molecule has 5 nitrogen and oxygen atoms in total. The van der Waals surface area contributed by atoms with E-state index in [1.165, 1.54) is 12.1 Å². The second kappa shape index (κ2) is 8.36. The third-order valence-electron chi connectivity index (χ3n) is 3.61. The zero-order chi connectivity index (χ0) is 18.4. The van der Waals surface area contributed by atoms with E-state index < -0.39 is 9.84 Å². The van der Waals surface area contributed by atoms with E-state index >= 15 is 0 Å². The highest BCUT2D eigenvalue weighted by Gasteiger charge is 2.08. The summed E-state index contributed by atoms with van der Waals surface area (Å²) in [5, 5.41) is 3.44. The van der Waals surface area contributed by atoms with Crippen molar-refractivity contribution in [1.29, 1.82) is 0 Å². The Labute approximate surface area is 152 Å². The standard InChI is InChI=1S/C18H20ClNO4S/c1-13-16(19)5-3-6-17(13)20-18(21)7-4-12-24-14-8-10-15(11-9-14)25(2,22)23/h3,5-6,8-11H,4,7,12H2,1-2H3,(H,20,21). The number of carbonyl (C=O) groups excluding carboxylic acids is 1. The summed E-state index contributed by atoms with van der Waals surface area (Å²) in [7, 11) is -3.21. The zero-order valence-corrected chi connectivity index (χ0v) is 15.7. The number of rotatable bonds is 7. The minimum atomic E-state index is -3.21. The second-order valence-electron chi connectivity index (χ2n) is 5.66. The highest BCUT2D eigenvalue weighted by Crippen LogP contribution is 2.23. The third kappa shape index (κ3) is 5.76. The number of hydrogen-bond acceptors (Lipinski definition) is 4. The molecule has 0 bridgehead atoms. The van der Waals surface area contributed by atoms with Crippen molar-refractivity contribution in [3.8, 4) is 5.75 Å². The summed E-state index contributed by atoms with van der Waals surface area (Å²) in [6.45, 7) is 2.21. The Bertz CT molecular complexity index is 848. The Kier molecular flexibility index (Phi) is 6.45. The molecule has 0 atom stereocenters. The SMILES string of the molecule is Cc1c(Cl)cccc1NC(=O)CCCOc1ccc(S(C)(=O)=O)cc1. The molecule has 2 rings (SSSR count). The van der Waals surface area contributed by atoms with E-state index in [-0.39, 0.29) is 10.8 Å². The first kappa shape index (κ1) is 19.3. The van der Waals surface area contributed by atoms with Crippen molar-refractivity contribution in [3.63, 3.8) is 0 Å². The van der Waals surface area contributed by atoms with Gasteiger partial charge in [0.15, 0.2) is 9.84 Å². The maximum atomic E-state index is 12.0. The number of halogens is 1. The highest BCUT2D eigenvalue weighted by molar-refractivity contribution is 7.90. The van der Waals surface area contributed by atoms with Crippen molar-refractivity contribution in [1.82, 2.24) is 0 Å². The van der Waals surface area contributed by atoms with E-state index in [2.05, 4.69) is 5.32 Å². The predicted molar refractivity (Wildman–Crippen MR) is 99.1 cm³/mol. The molecule has 0 aliphatic carbocycles. The monoisotopic (exact) mass is 381 g/mol. The van der Waals surface area contributed by atoms with Gasteiger partial charge < -0.3 is 10.1 Å². The van der Waals surface area contributed by atoms with Gasteiger partial charge in [0.25, 0.3) is 0 Å². The lowest BCUT2D eigenvalue weighted by atomic mass is 10.2. The van der Waals surface area contributed by atoms with Crippen LogP contribution in [0.4, 0.5) is 5.69 Å². The largest absolute Gasteiger partial charge is 0.494 e. The molecule has 1 amide bonds. The first-order valence-electron chi connectivity index (χ1n) is 7.75. The van der Waals surface area contributed by atoms with Gasteiger partial charge in [0.05, 0.1) is 11.5 Å². The molecule has 0 saturated heterocycles. The summed E-state index contributed by atoms with van der Waals surface area (Å²) in [6.07, 6.45) is 2.01. The fourth-order valence-electron chi connectivity index (χ4n) is 2.16. The fourth-order valence-corrected chi connectivity index (χ4v) is 2.97. The molecule has 25 heavy (non-hydrogen) atoms. The van der Waals surface area contributed by atoms with Crippen molar-refractivity contribution in [3.05, 3.63) is 53.1 Å². The Balaban J connectivity index is 1.77. The molecular formula is C18H20ClNO4S. The summed E-state index contributed by atoms with van der Waals surface area (Å²) < 4.78 is 28.3. The number of anilines is 1. The van der Waals surface area contributed by atoms with Crippen molar-refractivity contribution in [2.75, 3.05) is 18.2 Å². The summed E-state index contributed by atoms with van der Waals surface area (Å²) >= 11 is 6.02. The Morgan fingerprint density at radius 1 is 1.16 bits per heavy atom. The van der Waals surface area contributed by atoms with Crippen molar-refractivity contribution >= 4 is 33.0 Å². The molecule has 134 valence electrons.